The number of hydrogen-bond donors (Lipinski definition) is 0. The van der Waals surface area contributed by atoms with Crippen molar-refractivity contribution in [3.05, 3.63) is 34.0 Å². The summed E-state index contributed by atoms with van der Waals surface area (Å²) in [5, 5.41) is 0. The summed E-state index contributed by atoms with van der Waals surface area (Å²) in [5.74, 6) is 0. The van der Waals surface area contributed by atoms with Crippen LogP contribution in [0, 0.1) is 0 Å². The molecule has 0 aliphatic rings. The molecule has 0 aliphatic heterocycles. The zero-order chi connectivity index (χ0) is 14.2. The monoisotopic (exact) mass is 306 g/mol. The first kappa shape index (κ1) is 15.5. The van der Waals surface area contributed by atoms with Crippen LogP contribution < -0.4 is 0 Å². The van der Waals surface area contributed by atoms with Crippen molar-refractivity contribution in [3.63, 3.8) is 0 Å². The highest BCUT2D eigenvalue weighted by Crippen LogP contribution is 2.33. The fourth-order valence-electron chi connectivity index (χ4n) is 2.27. The largest absolute Gasteiger partial charge is 0.297 e. The van der Waals surface area contributed by atoms with Gasteiger partial charge in [-0.25, -0.2) is 0 Å². The molecule has 0 saturated carbocycles. The van der Waals surface area contributed by atoms with Crippen molar-refractivity contribution in [1.82, 2.24) is 0 Å². The maximum Gasteiger partial charge on any atom is 0.160 e. The van der Waals surface area contributed by atoms with Gasteiger partial charge in [-0.1, -0.05) is 39.0 Å². The summed E-state index contributed by atoms with van der Waals surface area (Å²) in [6, 6.07) is 8.39. The van der Waals surface area contributed by atoms with E-state index in [1.165, 1.54) is 59.6 Å². The quantitative estimate of drug-likeness (QED) is 0.398. The molecule has 0 unspecified atom stereocenters. The number of thiophene rings is 2. The summed E-state index contributed by atoms with van der Waals surface area (Å²) in [4.78, 5) is 15.5. The van der Waals surface area contributed by atoms with Gasteiger partial charge in [-0.05, 0) is 37.1 Å². The van der Waals surface area contributed by atoms with Gasteiger partial charge in [-0.2, -0.15) is 0 Å². The SMILES string of the molecule is CCCCCCCCc1ccc(-c2ccc(C=O)s2)s1. The second kappa shape index (κ2) is 8.38. The van der Waals surface area contributed by atoms with E-state index in [1.807, 2.05) is 17.4 Å². The molecule has 0 radical (unpaired) electrons. The third-order valence-electron chi connectivity index (χ3n) is 3.42. The Labute approximate surface area is 129 Å². The van der Waals surface area contributed by atoms with Gasteiger partial charge in [0.1, 0.15) is 0 Å². The molecule has 3 heteroatoms. The predicted octanol–water partition coefficient (Wildman–Crippen LogP) is 6.19. The molecule has 0 N–H and O–H groups in total. The fraction of sp³-hybridized carbons (Fsp3) is 0.471. The molecule has 2 aromatic heterocycles. The van der Waals surface area contributed by atoms with Crippen LogP contribution in [0.3, 0.4) is 0 Å². The molecule has 108 valence electrons. The van der Waals surface area contributed by atoms with E-state index in [0.29, 0.717) is 0 Å². The highest BCUT2D eigenvalue weighted by atomic mass is 32.1. The molecule has 0 fully saturated rings. The Morgan fingerprint density at radius 1 is 0.900 bits per heavy atom. The lowest BCUT2D eigenvalue weighted by Crippen LogP contribution is -1.82. The zero-order valence-corrected chi connectivity index (χ0v) is 13.7. The molecule has 1 nitrogen and oxygen atoms in total. The average Bonchev–Trinajstić information content (AvgIpc) is 3.11. The summed E-state index contributed by atoms with van der Waals surface area (Å²) < 4.78 is 0. The second-order valence-electron chi connectivity index (χ2n) is 5.10. The third kappa shape index (κ3) is 4.57. The van der Waals surface area contributed by atoms with E-state index in [9.17, 15) is 4.79 Å². The average molecular weight is 306 g/mol. The van der Waals surface area contributed by atoms with Gasteiger partial charge in [0.15, 0.2) is 6.29 Å². The van der Waals surface area contributed by atoms with Crippen LogP contribution in [-0.4, -0.2) is 6.29 Å². The maximum atomic E-state index is 10.7. The molecule has 0 amide bonds. The topological polar surface area (TPSA) is 17.1 Å². The van der Waals surface area contributed by atoms with E-state index >= 15 is 0 Å². The Kier molecular flexibility index (Phi) is 6.48. The third-order valence-corrected chi connectivity index (χ3v) is 5.78. The number of carbonyl (C=O) groups excluding carboxylic acids is 1. The summed E-state index contributed by atoms with van der Waals surface area (Å²) in [5.41, 5.74) is 0. The minimum absolute atomic E-state index is 0.811. The van der Waals surface area contributed by atoms with Crippen LogP contribution in [-0.2, 0) is 6.42 Å². The van der Waals surface area contributed by atoms with E-state index in [0.717, 1.165) is 11.2 Å². The smallest absolute Gasteiger partial charge is 0.160 e. The van der Waals surface area contributed by atoms with Gasteiger partial charge in [-0.15, -0.1) is 22.7 Å². The number of rotatable bonds is 9. The molecule has 2 heterocycles. The van der Waals surface area contributed by atoms with Crippen molar-refractivity contribution in [1.29, 1.82) is 0 Å². The lowest BCUT2D eigenvalue weighted by molar-refractivity contribution is 0.112. The van der Waals surface area contributed by atoms with E-state index in [2.05, 4.69) is 25.1 Å². The zero-order valence-electron chi connectivity index (χ0n) is 12.1. The molecule has 20 heavy (non-hydrogen) atoms. The molecular formula is C17H22OS2. The van der Waals surface area contributed by atoms with E-state index < -0.39 is 0 Å². The second-order valence-corrected chi connectivity index (χ2v) is 7.39. The van der Waals surface area contributed by atoms with E-state index in [-0.39, 0.29) is 0 Å². The molecule has 2 aromatic rings. The van der Waals surface area contributed by atoms with Gasteiger partial charge < -0.3 is 0 Å². The molecule has 0 saturated heterocycles. The lowest BCUT2D eigenvalue weighted by Gasteiger charge is -1.99. The molecule has 0 bridgehead atoms. The first-order chi connectivity index (χ1) is 9.83. The van der Waals surface area contributed by atoms with E-state index in [1.54, 1.807) is 11.3 Å². The van der Waals surface area contributed by atoms with Crippen molar-refractivity contribution >= 4 is 29.0 Å². The van der Waals surface area contributed by atoms with Crippen molar-refractivity contribution < 1.29 is 4.79 Å². The molecular weight excluding hydrogens is 284 g/mol. The highest BCUT2D eigenvalue weighted by molar-refractivity contribution is 7.22. The van der Waals surface area contributed by atoms with Crippen LogP contribution in [0.2, 0.25) is 0 Å². The molecule has 0 aliphatic carbocycles. The van der Waals surface area contributed by atoms with Crippen LogP contribution in [0.4, 0.5) is 0 Å². The molecule has 0 spiro atoms. The standard InChI is InChI=1S/C17H22OS2/c1-2-3-4-5-6-7-8-14-9-11-16(19-14)17-12-10-15(13-18)20-17/h9-13H,2-8H2,1H3. The van der Waals surface area contributed by atoms with Crippen LogP contribution in [0.15, 0.2) is 24.3 Å². The molecule has 0 aromatic carbocycles. The highest BCUT2D eigenvalue weighted by Gasteiger charge is 2.06. The van der Waals surface area contributed by atoms with Gasteiger partial charge in [-0.3, -0.25) is 4.79 Å². The Morgan fingerprint density at radius 2 is 1.60 bits per heavy atom. The van der Waals surface area contributed by atoms with Gasteiger partial charge in [0, 0.05) is 14.6 Å². The number of hydrogen-bond acceptors (Lipinski definition) is 3. The van der Waals surface area contributed by atoms with Crippen molar-refractivity contribution in [2.75, 3.05) is 0 Å². The minimum atomic E-state index is 0.811. The van der Waals surface area contributed by atoms with E-state index in [4.69, 9.17) is 0 Å². The molecule has 2 rings (SSSR count). The Bertz CT molecular complexity index is 525. The first-order valence-electron chi connectivity index (χ1n) is 7.47. The van der Waals surface area contributed by atoms with Crippen LogP contribution in [0.1, 0.15) is 60.0 Å². The van der Waals surface area contributed by atoms with Crippen molar-refractivity contribution in [2.45, 2.75) is 51.9 Å². The Balaban J connectivity index is 1.78. The first-order valence-corrected chi connectivity index (χ1v) is 9.11. The maximum absolute atomic E-state index is 10.7. The summed E-state index contributed by atoms with van der Waals surface area (Å²) >= 11 is 3.45. The van der Waals surface area contributed by atoms with Gasteiger partial charge >= 0.3 is 0 Å². The van der Waals surface area contributed by atoms with Gasteiger partial charge in [0.05, 0.1) is 4.88 Å². The van der Waals surface area contributed by atoms with Crippen molar-refractivity contribution in [2.24, 2.45) is 0 Å². The van der Waals surface area contributed by atoms with Crippen molar-refractivity contribution in [3.8, 4) is 9.75 Å². The normalized spacial score (nSPS) is 10.8. The van der Waals surface area contributed by atoms with Crippen LogP contribution in [0.5, 0.6) is 0 Å². The minimum Gasteiger partial charge on any atom is -0.297 e. The van der Waals surface area contributed by atoms with Crippen LogP contribution in [0.25, 0.3) is 9.75 Å². The Hall–Kier alpha value is -0.930. The van der Waals surface area contributed by atoms with Gasteiger partial charge in [0.25, 0.3) is 0 Å². The number of carbonyl (C=O) groups is 1. The predicted molar refractivity (Wildman–Crippen MR) is 90.1 cm³/mol. The Morgan fingerprint density at radius 3 is 2.35 bits per heavy atom. The number of aryl methyl sites for hydroxylation is 1. The van der Waals surface area contributed by atoms with Gasteiger partial charge in [0.2, 0.25) is 0 Å². The number of unbranched alkanes of at least 4 members (excludes halogenated alkanes) is 5. The lowest BCUT2D eigenvalue weighted by atomic mass is 10.1. The molecule has 0 atom stereocenters. The summed E-state index contributed by atoms with van der Waals surface area (Å²) in [7, 11) is 0. The number of aldehydes is 1. The summed E-state index contributed by atoms with van der Waals surface area (Å²) in [6.45, 7) is 2.26. The summed E-state index contributed by atoms with van der Waals surface area (Å²) in [6.07, 6.45) is 10.2. The fourth-order valence-corrected chi connectivity index (χ4v) is 4.24. The van der Waals surface area contributed by atoms with Crippen LogP contribution >= 0.6 is 22.7 Å².